The highest BCUT2D eigenvalue weighted by molar-refractivity contribution is 6.77. The Labute approximate surface area is 394 Å². The van der Waals surface area contributed by atoms with E-state index in [-0.39, 0.29) is 39.5 Å². The van der Waals surface area contributed by atoms with Gasteiger partial charge in [-0.05, 0) is 38.9 Å². The number of benzene rings is 4. The van der Waals surface area contributed by atoms with Gasteiger partial charge >= 0.3 is 11.9 Å². The fourth-order valence-electron chi connectivity index (χ4n) is 8.72. The SMILES string of the molecule is CC(=O)OC1O[C@](COCCOCCOCCO[Si](C(C)C)(C(C)C)C(C)C)(COCc2ccccc2)[C@@H](OCc2ccccc2)[C@H]1CC(=O)O.c1ccc(COCc2ccccc2)cc1. The van der Waals surface area contributed by atoms with E-state index >= 15 is 0 Å². The van der Waals surface area contributed by atoms with Crippen LogP contribution < -0.4 is 0 Å². The molecule has 1 unspecified atom stereocenters. The van der Waals surface area contributed by atoms with Gasteiger partial charge in [-0.25, -0.2) is 0 Å². The third-order valence-corrected chi connectivity index (χ3v) is 17.7. The van der Waals surface area contributed by atoms with Gasteiger partial charge in [0.15, 0.2) is 8.32 Å². The van der Waals surface area contributed by atoms with Gasteiger partial charge in [0.2, 0.25) is 6.29 Å². The van der Waals surface area contributed by atoms with Crippen molar-refractivity contribution in [3.8, 4) is 0 Å². The molecule has 1 heterocycles. The van der Waals surface area contributed by atoms with Crippen LogP contribution in [0.5, 0.6) is 0 Å². The van der Waals surface area contributed by atoms with Gasteiger partial charge in [0.1, 0.15) is 11.7 Å². The fourth-order valence-corrected chi connectivity index (χ4v) is 14.2. The Bertz CT molecular complexity index is 1840. The number of carbonyl (C=O) groups is 2. The minimum absolute atomic E-state index is 0.000568. The van der Waals surface area contributed by atoms with Crippen molar-refractivity contribution in [1.29, 1.82) is 0 Å². The molecule has 0 aliphatic carbocycles. The molecule has 1 N–H and O–H groups in total. The highest BCUT2D eigenvalue weighted by atomic mass is 28.4. The summed E-state index contributed by atoms with van der Waals surface area (Å²) in [7, 11) is -1.92. The Morgan fingerprint density at radius 3 is 1.38 bits per heavy atom. The first-order valence-electron chi connectivity index (χ1n) is 23.2. The molecule has 1 aliphatic heterocycles. The topological polar surface area (TPSA) is 137 Å². The van der Waals surface area contributed by atoms with E-state index in [1.54, 1.807) is 0 Å². The van der Waals surface area contributed by atoms with Gasteiger partial charge in [0, 0.05) is 6.92 Å². The highest BCUT2D eigenvalue weighted by Crippen LogP contribution is 2.43. The van der Waals surface area contributed by atoms with Crippen LogP contribution in [0.2, 0.25) is 16.6 Å². The van der Waals surface area contributed by atoms with Crippen molar-refractivity contribution in [3.63, 3.8) is 0 Å². The lowest BCUT2D eigenvalue weighted by Gasteiger charge is -2.42. The van der Waals surface area contributed by atoms with E-state index in [9.17, 15) is 14.7 Å². The number of esters is 1. The number of carboxylic acids is 1. The van der Waals surface area contributed by atoms with E-state index in [2.05, 4.69) is 65.8 Å². The van der Waals surface area contributed by atoms with Crippen LogP contribution in [0.4, 0.5) is 0 Å². The van der Waals surface area contributed by atoms with Crippen LogP contribution in [0.15, 0.2) is 121 Å². The third-order valence-electron chi connectivity index (χ3n) is 11.6. The van der Waals surface area contributed by atoms with E-state index < -0.39 is 44.2 Å². The molecule has 0 amide bonds. The van der Waals surface area contributed by atoms with Crippen molar-refractivity contribution in [2.45, 2.75) is 116 Å². The second kappa shape index (κ2) is 29.5. The molecule has 0 radical (unpaired) electrons. The second-order valence-corrected chi connectivity index (χ2v) is 23.0. The highest BCUT2D eigenvalue weighted by Gasteiger charge is 2.58. The average Bonchev–Trinajstić information content (AvgIpc) is 3.56. The molecule has 5 rings (SSSR count). The molecular weight excluding hydrogens is 857 g/mol. The van der Waals surface area contributed by atoms with Gasteiger partial charge in [0.05, 0.1) is 91.6 Å². The zero-order valence-electron chi connectivity index (χ0n) is 40.1. The third kappa shape index (κ3) is 18.1. The monoisotopic (exact) mass is 930 g/mol. The fraction of sp³-hybridized carbons (Fsp3) is 0.509. The van der Waals surface area contributed by atoms with Crippen LogP contribution in [0.3, 0.4) is 0 Å². The molecule has 0 bridgehead atoms. The summed E-state index contributed by atoms with van der Waals surface area (Å²) in [6.45, 7) is 19.1. The number of rotatable bonds is 29. The smallest absolute Gasteiger partial charge is 0.304 e. The maximum Gasteiger partial charge on any atom is 0.304 e. The quantitative estimate of drug-likeness (QED) is 0.0315. The second-order valence-electron chi connectivity index (χ2n) is 17.5. The summed E-state index contributed by atoms with van der Waals surface area (Å²) in [6.07, 6.45) is -2.36. The number of aliphatic carboxylic acids is 1. The molecule has 4 aromatic carbocycles. The lowest BCUT2D eigenvalue weighted by Crippen LogP contribution is -2.51. The summed E-state index contributed by atoms with van der Waals surface area (Å²) in [5.74, 6) is -2.48. The van der Waals surface area contributed by atoms with Crippen LogP contribution in [0.1, 0.15) is 77.1 Å². The zero-order chi connectivity index (χ0) is 47.6. The Hall–Kier alpha value is -4.28. The van der Waals surface area contributed by atoms with Gasteiger partial charge in [-0.2, -0.15) is 0 Å². The summed E-state index contributed by atoms with van der Waals surface area (Å²) in [5.41, 5.74) is 4.56. The number of ether oxygens (including phenoxy) is 8. The zero-order valence-corrected chi connectivity index (χ0v) is 41.1. The van der Waals surface area contributed by atoms with E-state index in [0.29, 0.717) is 62.9 Å². The Kier molecular flexibility index (Phi) is 24.3. The van der Waals surface area contributed by atoms with Crippen molar-refractivity contribution in [1.82, 2.24) is 0 Å². The lowest BCUT2D eigenvalue weighted by molar-refractivity contribution is -0.220. The first-order valence-corrected chi connectivity index (χ1v) is 25.4. The van der Waals surface area contributed by atoms with Crippen LogP contribution in [0.25, 0.3) is 0 Å². The van der Waals surface area contributed by atoms with Gasteiger partial charge in [0.25, 0.3) is 0 Å². The number of carboxylic acid groups (broad SMARTS) is 1. The van der Waals surface area contributed by atoms with Crippen LogP contribution in [0, 0.1) is 5.92 Å². The molecule has 13 heteroatoms. The normalized spacial score (nSPS) is 18.4. The largest absolute Gasteiger partial charge is 0.481 e. The van der Waals surface area contributed by atoms with E-state index in [0.717, 1.165) is 11.1 Å². The van der Waals surface area contributed by atoms with Crippen molar-refractivity contribution < 1.29 is 57.0 Å². The molecule has 4 atom stereocenters. The Balaban J connectivity index is 0.000000531. The maximum atomic E-state index is 12.1. The predicted octanol–water partition coefficient (Wildman–Crippen LogP) is 10.2. The maximum absolute atomic E-state index is 12.1. The minimum Gasteiger partial charge on any atom is -0.481 e. The minimum atomic E-state index is -1.92. The number of carbonyl (C=O) groups excluding carboxylic acids is 1. The first-order chi connectivity index (χ1) is 31.9. The van der Waals surface area contributed by atoms with Crippen molar-refractivity contribution in [2.75, 3.05) is 52.9 Å². The molecule has 66 heavy (non-hydrogen) atoms. The molecule has 0 saturated carbocycles. The summed E-state index contributed by atoms with van der Waals surface area (Å²) in [5, 5.41) is 9.84. The summed E-state index contributed by atoms with van der Waals surface area (Å²) >= 11 is 0. The van der Waals surface area contributed by atoms with E-state index in [1.807, 2.05) is 97.1 Å². The van der Waals surface area contributed by atoms with Gasteiger partial charge in [-0.1, -0.05) is 163 Å². The van der Waals surface area contributed by atoms with Crippen LogP contribution in [-0.4, -0.2) is 96.2 Å². The molecule has 1 saturated heterocycles. The summed E-state index contributed by atoms with van der Waals surface area (Å²) < 4.78 is 54.4. The molecular formula is C53H74O12Si. The number of hydrogen-bond acceptors (Lipinski definition) is 11. The Morgan fingerprint density at radius 2 is 0.955 bits per heavy atom. The molecule has 362 valence electrons. The standard InChI is InChI=1S/C39H60O11Si.C14H14O/c1-29(2)51(30(3)4,31(5)6)48-23-22-44-19-18-43-20-21-45-27-39(28-46-25-33-14-10-8-11-15-33)37(47-26-34-16-12-9-13-17-34)35(24-36(41)42)38(50-39)49-32(7)40;1-3-7-13(8-4-1)11-15-12-14-9-5-2-6-10-14/h8-17,29-31,35,37-38H,18-28H2,1-7H3,(H,41,42);1-10H,11-12H2/t35-,37+,38?,39-;/m1./s1. The average molecular weight is 931 g/mol. The van der Waals surface area contributed by atoms with E-state index in [4.69, 9.17) is 42.3 Å². The van der Waals surface area contributed by atoms with Crippen LogP contribution in [-0.2, 0) is 78.3 Å². The predicted molar refractivity (Wildman–Crippen MR) is 257 cm³/mol. The summed E-state index contributed by atoms with van der Waals surface area (Å²) in [6, 6.07) is 39.7. The summed E-state index contributed by atoms with van der Waals surface area (Å²) in [4.78, 5) is 24.1. The first kappa shape index (κ1) is 54.3. The number of hydrogen-bond donors (Lipinski definition) is 1. The molecule has 12 nitrogen and oxygen atoms in total. The van der Waals surface area contributed by atoms with Crippen molar-refractivity contribution in [3.05, 3.63) is 144 Å². The van der Waals surface area contributed by atoms with E-state index in [1.165, 1.54) is 18.1 Å². The van der Waals surface area contributed by atoms with Gasteiger partial charge in [-0.15, -0.1) is 0 Å². The van der Waals surface area contributed by atoms with Gasteiger partial charge in [-0.3, -0.25) is 9.59 Å². The molecule has 1 fully saturated rings. The van der Waals surface area contributed by atoms with Crippen molar-refractivity contribution >= 4 is 20.3 Å². The Morgan fingerprint density at radius 1 is 0.561 bits per heavy atom. The molecule has 1 aliphatic rings. The molecule has 0 spiro atoms. The molecule has 4 aromatic rings. The molecule has 0 aromatic heterocycles. The van der Waals surface area contributed by atoms with Crippen molar-refractivity contribution in [2.24, 2.45) is 5.92 Å². The van der Waals surface area contributed by atoms with Gasteiger partial charge < -0.3 is 47.4 Å². The lowest BCUT2D eigenvalue weighted by atomic mass is 9.88. The van der Waals surface area contributed by atoms with Crippen LogP contribution >= 0.6 is 0 Å².